The number of nitrogens with zero attached hydrogens (tertiary/aromatic N) is 6. The van der Waals surface area contributed by atoms with Crippen LogP contribution in [0.4, 0.5) is 0 Å². The van der Waals surface area contributed by atoms with Gasteiger partial charge in [-0.25, -0.2) is 29.9 Å². The van der Waals surface area contributed by atoms with Gasteiger partial charge in [-0.2, -0.15) is 0 Å². The van der Waals surface area contributed by atoms with Gasteiger partial charge in [-0.3, -0.25) is 0 Å². The number of hydrogen-bond donors (Lipinski definition) is 2. The van der Waals surface area contributed by atoms with E-state index in [1.807, 2.05) is 0 Å². The first-order valence-electron chi connectivity index (χ1n) is 36.3. The van der Waals surface area contributed by atoms with Crippen LogP contribution in [-0.2, 0) is 38.5 Å². The summed E-state index contributed by atoms with van der Waals surface area (Å²) in [5, 5.41) is 7.02. The second kappa shape index (κ2) is 35.8. The fourth-order valence-electron chi connectivity index (χ4n) is 14.1. The molecule has 2 aliphatic heterocycles. The number of H-pyrrole nitrogens is 2. The molecule has 8 bridgehead atoms. The molecule has 9 rings (SSSR count). The van der Waals surface area contributed by atoms with E-state index in [9.17, 15) is 0 Å². The molecule has 8 nitrogen and oxygen atoms in total. The molecule has 0 saturated heterocycles. The Balaban J connectivity index is 1.34. The molecule has 3 aromatic carbocycles. The summed E-state index contributed by atoms with van der Waals surface area (Å²) in [6, 6.07) is 16.9. The fourth-order valence-corrected chi connectivity index (χ4v) is 14.9. The molecule has 0 radical (unpaired) electrons. The average molecular weight is 1190 g/mol. The third-order valence-corrected chi connectivity index (χ3v) is 20.1. The summed E-state index contributed by atoms with van der Waals surface area (Å²) in [6.45, 7) is 13.9. The highest BCUT2D eigenvalue weighted by Gasteiger charge is 2.29. The van der Waals surface area contributed by atoms with E-state index in [1.54, 1.807) is 11.3 Å². The molecule has 0 atom stereocenters. The minimum Gasteiger partial charge on any atom is -0.324 e. The lowest BCUT2D eigenvalue weighted by Gasteiger charge is -2.13. The highest BCUT2D eigenvalue weighted by Crippen LogP contribution is 2.44. The second-order valence-corrected chi connectivity index (χ2v) is 27.2. The van der Waals surface area contributed by atoms with Crippen molar-refractivity contribution < 1.29 is 0 Å². The number of aromatic amines is 2. The fraction of sp³-hybridized carbons (Fsp3) is 0.615. The van der Waals surface area contributed by atoms with E-state index in [4.69, 9.17) is 29.9 Å². The number of fused-ring (bicyclic) bond motifs is 20. The predicted octanol–water partition coefficient (Wildman–Crippen LogP) is 24.3. The Hall–Kier alpha value is -5.28. The number of aryl methyl sites for hydroxylation is 6. The largest absolute Gasteiger partial charge is 0.324 e. The predicted molar refractivity (Wildman–Crippen MR) is 376 cm³/mol. The Kier molecular flexibility index (Phi) is 27.2. The van der Waals surface area contributed by atoms with Crippen LogP contribution in [0, 0.1) is 0 Å². The topological polar surface area (TPSA) is 109 Å². The van der Waals surface area contributed by atoms with Crippen LogP contribution < -0.4 is 0 Å². The third kappa shape index (κ3) is 17.8. The quantitative estimate of drug-likeness (QED) is 0.0369. The van der Waals surface area contributed by atoms with E-state index in [0.29, 0.717) is 0 Å². The van der Waals surface area contributed by atoms with E-state index in [-0.39, 0.29) is 0 Å². The van der Waals surface area contributed by atoms with Gasteiger partial charge >= 0.3 is 0 Å². The molecule has 2 N–H and O–H groups in total. The highest BCUT2D eigenvalue weighted by atomic mass is 32.1. The molecule has 0 amide bonds. The van der Waals surface area contributed by atoms with Crippen molar-refractivity contribution in [1.82, 2.24) is 39.9 Å². The monoisotopic (exact) mass is 1190 g/mol. The number of benzene rings is 3. The van der Waals surface area contributed by atoms with Crippen LogP contribution in [0.1, 0.15) is 306 Å². The minimum atomic E-state index is 0.718. The molecule has 7 aromatic rings. The summed E-state index contributed by atoms with van der Waals surface area (Å²) >= 11 is 1.72. The lowest BCUT2D eigenvalue weighted by Crippen LogP contribution is -1.98. The Morgan fingerprint density at radius 1 is 0.264 bits per heavy atom. The average Bonchev–Trinajstić information content (AvgIpc) is 1.85. The molecule has 9 heteroatoms. The summed E-state index contributed by atoms with van der Waals surface area (Å²) in [5.41, 5.74) is 15.0. The van der Waals surface area contributed by atoms with Gasteiger partial charge in [-0.1, -0.05) is 271 Å². The molecule has 0 spiro atoms. The molecule has 87 heavy (non-hydrogen) atoms. The molecule has 0 saturated carbocycles. The molecule has 470 valence electrons. The number of nitrogens with one attached hydrogen (secondary N) is 2. The molecule has 0 unspecified atom stereocenters. The van der Waals surface area contributed by atoms with Crippen molar-refractivity contribution in [2.24, 2.45) is 0 Å². The van der Waals surface area contributed by atoms with Crippen molar-refractivity contribution >= 4 is 55.5 Å². The first-order valence-corrected chi connectivity index (χ1v) is 37.2. The van der Waals surface area contributed by atoms with Crippen molar-refractivity contribution in [1.29, 1.82) is 0 Å². The highest BCUT2D eigenvalue weighted by molar-refractivity contribution is 7.14. The van der Waals surface area contributed by atoms with Gasteiger partial charge in [0.2, 0.25) is 0 Å². The lowest BCUT2D eigenvalue weighted by atomic mass is 9.91. The summed E-state index contributed by atoms with van der Waals surface area (Å²) in [5.74, 6) is 3.02. The smallest absolute Gasteiger partial charge is 0.174 e. The molecule has 0 fully saturated rings. The number of unbranched alkanes of at least 4 members (excludes halogenated alkanes) is 30. The maximum atomic E-state index is 5.97. The molecule has 2 aliphatic rings. The van der Waals surface area contributed by atoms with Crippen molar-refractivity contribution in [3.05, 3.63) is 81.2 Å². The Morgan fingerprint density at radius 3 is 0.839 bits per heavy atom. The van der Waals surface area contributed by atoms with E-state index >= 15 is 0 Å². The van der Waals surface area contributed by atoms with Crippen LogP contribution in [0.5, 0.6) is 0 Å². The van der Waals surface area contributed by atoms with Crippen molar-refractivity contribution in [2.45, 2.75) is 311 Å². The van der Waals surface area contributed by atoms with Crippen LogP contribution in [0.25, 0.3) is 89.0 Å². The summed E-state index contributed by atoms with van der Waals surface area (Å²) < 4.78 is 0. The van der Waals surface area contributed by atoms with Gasteiger partial charge in [0.15, 0.2) is 23.3 Å². The Labute approximate surface area is 529 Å². The summed E-state index contributed by atoms with van der Waals surface area (Å²) in [7, 11) is 0. The van der Waals surface area contributed by atoms with E-state index in [1.165, 1.54) is 259 Å². The van der Waals surface area contributed by atoms with Crippen molar-refractivity contribution in [3.8, 4) is 44.9 Å². The number of thiophene rings is 1. The Bertz CT molecular complexity index is 3180. The molecular formula is C78H112N8S. The number of hydrogen-bond acceptors (Lipinski definition) is 7. The number of rotatable bonds is 42. The first-order chi connectivity index (χ1) is 43.0. The molecular weight excluding hydrogens is 1080 g/mol. The summed E-state index contributed by atoms with van der Waals surface area (Å²) in [4.78, 5) is 43.8. The van der Waals surface area contributed by atoms with Crippen LogP contribution in [0.3, 0.4) is 0 Å². The van der Waals surface area contributed by atoms with Crippen LogP contribution in [-0.4, -0.2) is 39.9 Å². The number of aromatic nitrogens is 8. The van der Waals surface area contributed by atoms with E-state index < -0.39 is 0 Å². The van der Waals surface area contributed by atoms with Crippen LogP contribution in [0.2, 0.25) is 0 Å². The van der Waals surface area contributed by atoms with Crippen molar-refractivity contribution in [2.75, 3.05) is 0 Å². The maximum Gasteiger partial charge on any atom is 0.174 e. The van der Waals surface area contributed by atoms with Gasteiger partial charge in [0.05, 0.1) is 4.88 Å². The minimum absolute atomic E-state index is 0.718. The van der Waals surface area contributed by atoms with Gasteiger partial charge < -0.3 is 9.97 Å². The molecule has 0 aliphatic carbocycles. The first kappa shape index (κ1) is 66.1. The van der Waals surface area contributed by atoms with Crippen LogP contribution in [0.15, 0.2) is 47.8 Å². The second-order valence-electron chi connectivity index (χ2n) is 26.3. The van der Waals surface area contributed by atoms with Crippen molar-refractivity contribution in [3.63, 3.8) is 0 Å². The zero-order valence-corrected chi connectivity index (χ0v) is 56.2. The van der Waals surface area contributed by atoms with Gasteiger partial charge in [0.1, 0.15) is 22.6 Å². The van der Waals surface area contributed by atoms with Gasteiger partial charge in [0, 0.05) is 38.2 Å². The lowest BCUT2D eigenvalue weighted by molar-refractivity contribution is 0.606. The Morgan fingerprint density at radius 2 is 0.517 bits per heavy atom. The van der Waals surface area contributed by atoms with Gasteiger partial charge in [-0.15, -0.1) is 11.3 Å². The van der Waals surface area contributed by atoms with E-state index in [0.717, 1.165) is 133 Å². The van der Waals surface area contributed by atoms with E-state index in [2.05, 4.69) is 99.4 Å². The third-order valence-electron chi connectivity index (χ3n) is 19.2. The molecule has 4 aromatic heterocycles. The zero-order chi connectivity index (χ0) is 60.4. The van der Waals surface area contributed by atoms with Crippen LogP contribution >= 0.6 is 11.3 Å². The summed E-state index contributed by atoms with van der Waals surface area (Å²) in [6.07, 6.45) is 51.2. The van der Waals surface area contributed by atoms with Gasteiger partial charge in [0.25, 0.3) is 0 Å². The standard InChI is InChI=1S/C78H112N8S/c1-7-13-19-25-31-37-43-57-49-50-58(44-38-32-26-20-14-8-2)65-64(57)72-79-71-63-55-56-87-70(63)78(80-71)86-77-69-62(48-42-36-30-24-18-12-6)54-53-61(47-41-35-29-23-17-11-5)68(69)76(85-77)84-75-67-60(46-40-34-28-22-16-10-4)52-51-59(45-39-33-27-21-15-9-3)66(67)74(83-75)82-73(65)81-72/h49-56H,7-48H2,1-6H3,(H2,79,80,81,82,83,84,85,86). The maximum absolute atomic E-state index is 5.97. The normalized spacial score (nSPS) is 12.1. The SMILES string of the molecule is CCCCCCCCc1ccc(CCCCCCCC)c2c1-c1nc-2nc2[nH]c(nc3nc(nc4[nH]c(n1)c1c(CCCCCCCC)ccc(CCCCCCCC)c41)-c1ccsc1-3)c1c(CCCCCCCC)ccc(CCCCCCCC)c21. The zero-order valence-electron chi connectivity index (χ0n) is 55.4. The molecule has 6 heterocycles. The van der Waals surface area contributed by atoms with Gasteiger partial charge in [-0.05, 0) is 122 Å².